The fourth-order valence-corrected chi connectivity index (χ4v) is 5.99. The van der Waals surface area contributed by atoms with Gasteiger partial charge >= 0.3 is 6.03 Å². The van der Waals surface area contributed by atoms with Gasteiger partial charge in [-0.1, -0.05) is 46.0 Å². The van der Waals surface area contributed by atoms with Crippen LogP contribution in [0.1, 0.15) is 71.6 Å². The summed E-state index contributed by atoms with van der Waals surface area (Å²) >= 11 is 0. The second kappa shape index (κ2) is 6.51. The molecule has 0 unspecified atom stereocenters. The van der Waals surface area contributed by atoms with E-state index in [0.717, 1.165) is 25.5 Å². The molecule has 4 aliphatic rings. The van der Waals surface area contributed by atoms with Gasteiger partial charge < -0.3 is 15.0 Å². The molecule has 0 aromatic rings. The second-order valence-electron chi connectivity index (χ2n) is 9.22. The maximum atomic E-state index is 13.0. The zero-order valence-electron chi connectivity index (χ0n) is 15.4. The number of nitrogens with zero attached hydrogens (tertiary/aromatic N) is 1. The molecule has 0 spiro atoms. The van der Waals surface area contributed by atoms with Crippen LogP contribution in [0.5, 0.6) is 0 Å². The minimum atomic E-state index is 0.0788. The van der Waals surface area contributed by atoms with Crippen molar-refractivity contribution in [3.8, 4) is 0 Å². The predicted molar refractivity (Wildman–Crippen MR) is 94.9 cm³/mol. The van der Waals surface area contributed by atoms with E-state index in [0.29, 0.717) is 18.1 Å². The van der Waals surface area contributed by atoms with Gasteiger partial charge in [0, 0.05) is 36.6 Å². The average molecular weight is 335 g/mol. The summed E-state index contributed by atoms with van der Waals surface area (Å²) in [7, 11) is 0. The second-order valence-corrected chi connectivity index (χ2v) is 9.22. The van der Waals surface area contributed by atoms with E-state index in [9.17, 15) is 4.79 Å². The Morgan fingerprint density at radius 2 is 1.92 bits per heavy atom. The van der Waals surface area contributed by atoms with E-state index < -0.39 is 0 Å². The maximum absolute atomic E-state index is 13.0. The van der Waals surface area contributed by atoms with Gasteiger partial charge in [-0.05, 0) is 31.6 Å². The van der Waals surface area contributed by atoms with Crippen molar-refractivity contribution in [3.05, 3.63) is 0 Å². The molecule has 24 heavy (non-hydrogen) atoms. The molecule has 4 rings (SSSR count). The first kappa shape index (κ1) is 16.7. The Kier molecular flexibility index (Phi) is 4.53. The lowest BCUT2D eigenvalue weighted by molar-refractivity contribution is -0.109. The maximum Gasteiger partial charge on any atom is 0.317 e. The molecule has 0 aromatic carbocycles. The van der Waals surface area contributed by atoms with Crippen molar-refractivity contribution < 1.29 is 9.53 Å². The summed E-state index contributed by atoms with van der Waals surface area (Å²) in [5.41, 5.74) is 0.0788. The van der Waals surface area contributed by atoms with Crippen LogP contribution in [0.2, 0.25) is 0 Å². The Balaban J connectivity index is 1.35. The van der Waals surface area contributed by atoms with E-state index in [1.807, 2.05) is 0 Å². The first-order chi connectivity index (χ1) is 11.6. The summed E-state index contributed by atoms with van der Waals surface area (Å²) in [6, 6.07) is 0.956. The summed E-state index contributed by atoms with van der Waals surface area (Å²) in [6.45, 7) is 6.29. The Hall–Kier alpha value is -0.770. The van der Waals surface area contributed by atoms with E-state index >= 15 is 0 Å². The van der Waals surface area contributed by atoms with Gasteiger partial charge in [-0.25, -0.2) is 4.79 Å². The Labute approximate surface area is 146 Å². The van der Waals surface area contributed by atoms with Crippen molar-refractivity contribution in [2.45, 2.75) is 89.8 Å². The third-order valence-electron chi connectivity index (χ3n) is 7.35. The van der Waals surface area contributed by atoms with E-state index in [2.05, 4.69) is 24.1 Å². The molecule has 0 bridgehead atoms. The molecular formula is C20H34N2O2. The number of amides is 2. The number of rotatable bonds is 3. The molecule has 2 saturated heterocycles. The average Bonchev–Trinajstić information content (AvgIpc) is 3.21. The highest BCUT2D eigenvalue weighted by Crippen LogP contribution is 2.52. The zero-order valence-corrected chi connectivity index (χ0v) is 15.4. The van der Waals surface area contributed by atoms with Crippen LogP contribution in [0.4, 0.5) is 4.79 Å². The molecule has 0 radical (unpaired) electrons. The van der Waals surface area contributed by atoms with Crippen molar-refractivity contribution in [1.29, 1.82) is 0 Å². The number of carbonyl (C=O) groups is 1. The van der Waals surface area contributed by atoms with E-state index in [1.54, 1.807) is 0 Å². The number of likely N-dealkylation sites (tertiary alicyclic amines) is 1. The molecular weight excluding hydrogens is 300 g/mol. The van der Waals surface area contributed by atoms with Gasteiger partial charge in [-0.15, -0.1) is 0 Å². The highest BCUT2D eigenvalue weighted by atomic mass is 16.5. The molecule has 0 aromatic heterocycles. The lowest BCUT2D eigenvalue weighted by atomic mass is 9.57. The van der Waals surface area contributed by atoms with Gasteiger partial charge in [0.1, 0.15) is 0 Å². The van der Waals surface area contributed by atoms with Gasteiger partial charge in [0.05, 0.1) is 6.10 Å². The normalized spacial score (nSPS) is 38.7. The number of fused-ring (bicyclic) bond motifs is 1. The van der Waals surface area contributed by atoms with Crippen molar-refractivity contribution in [1.82, 2.24) is 10.2 Å². The monoisotopic (exact) mass is 334 g/mol. The van der Waals surface area contributed by atoms with Crippen molar-refractivity contribution in [2.75, 3.05) is 13.2 Å². The molecule has 2 saturated carbocycles. The molecule has 2 heterocycles. The number of urea groups is 1. The van der Waals surface area contributed by atoms with Gasteiger partial charge in [0.15, 0.2) is 0 Å². The molecule has 4 heteroatoms. The first-order valence-corrected chi connectivity index (χ1v) is 10.3. The van der Waals surface area contributed by atoms with Crippen LogP contribution in [0, 0.1) is 17.3 Å². The van der Waals surface area contributed by atoms with Gasteiger partial charge in [-0.3, -0.25) is 0 Å². The Bertz CT molecular complexity index is 472. The van der Waals surface area contributed by atoms with E-state index in [1.165, 1.54) is 51.4 Å². The number of hydrogen-bond donors (Lipinski definition) is 1. The number of ether oxygens (including phenoxy) is 1. The van der Waals surface area contributed by atoms with Crippen LogP contribution >= 0.6 is 0 Å². The molecule has 2 amide bonds. The molecule has 1 N–H and O–H groups in total. The molecule has 136 valence electrons. The van der Waals surface area contributed by atoms with Gasteiger partial charge in [0.2, 0.25) is 0 Å². The SMILES string of the molecule is CC1(C)[C@H](NC(=O)N2CCC[C@@H]2CC2CCCCC2)[C@@H]2CCO[C@H]21. The fourth-order valence-electron chi connectivity index (χ4n) is 5.99. The number of nitrogens with one attached hydrogen (secondary N) is 1. The third-order valence-corrected chi connectivity index (χ3v) is 7.35. The Morgan fingerprint density at radius 1 is 1.12 bits per heavy atom. The minimum Gasteiger partial charge on any atom is -0.377 e. The first-order valence-electron chi connectivity index (χ1n) is 10.3. The van der Waals surface area contributed by atoms with Gasteiger partial charge in [0.25, 0.3) is 0 Å². The highest BCUT2D eigenvalue weighted by Gasteiger charge is 2.60. The lowest BCUT2D eigenvalue weighted by Crippen LogP contribution is -2.68. The standard InChI is InChI=1S/C20H34N2O2/c1-20(2)17(16-10-12-24-18(16)20)21-19(23)22-11-6-9-15(22)13-14-7-4-3-5-8-14/h14-18H,3-13H2,1-2H3,(H,21,23)/t15-,16+,17-,18-/m1/s1. The van der Waals surface area contributed by atoms with Crippen molar-refractivity contribution in [3.63, 3.8) is 0 Å². The quantitative estimate of drug-likeness (QED) is 0.849. The van der Waals surface area contributed by atoms with Crippen LogP contribution in [0.15, 0.2) is 0 Å². The van der Waals surface area contributed by atoms with E-state index in [4.69, 9.17) is 4.74 Å². The molecule has 4 nitrogen and oxygen atoms in total. The molecule has 2 aliphatic carbocycles. The largest absolute Gasteiger partial charge is 0.377 e. The Morgan fingerprint density at radius 3 is 2.71 bits per heavy atom. The zero-order chi connectivity index (χ0) is 16.7. The third kappa shape index (κ3) is 2.85. The van der Waals surface area contributed by atoms with Crippen LogP contribution in [-0.4, -0.2) is 42.3 Å². The predicted octanol–water partition coefficient (Wildman–Crippen LogP) is 3.94. The smallest absolute Gasteiger partial charge is 0.317 e. The van der Waals surface area contributed by atoms with Gasteiger partial charge in [-0.2, -0.15) is 0 Å². The van der Waals surface area contributed by atoms with Crippen molar-refractivity contribution >= 4 is 6.03 Å². The lowest BCUT2D eigenvalue weighted by Gasteiger charge is -2.54. The van der Waals surface area contributed by atoms with Crippen LogP contribution < -0.4 is 5.32 Å². The summed E-state index contributed by atoms with van der Waals surface area (Å²) < 4.78 is 5.86. The number of carbonyl (C=O) groups excluding carboxylic acids is 1. The molecule has 2 aliphatic heterocycles. The van der Waals surface area contributed by atoms with Crippen LogP contribution in [0.3, 0.4) is 0 Å². The van der Waals surface area contributed by atoms with Crippen LogP contribution in [0.25, 0.3) is 0 Å². The van der Waals surface area contributed by atoms with Crippen molar-refractivity contribution in [2.24, 2.45) is 17.3 Å². The fraction of sp³-hybridized carbons (Fsp3) is 0.950. The highest BCUT2D eigenvalue weighted by molar-refractivity contribution is 5.75. The minimum absolute atomic E-state index is 0.0788. The summed E-state index contributed by atoms with van der Waals surface area (Å²) in [5, 5.41) is 3.39. The molecule has 4 fully saturated rings. The summed E-state index contributed by atoms with van der Waals surface area (Å²) in [6.07, 6.45) is 12.0. The van der Waals surface area contributed by atoms with E-state index in [-0.39, 0.29) is 17.5 Å². The van der Waals surface area contributed by atoms with Crippen LogP contribution in [-0.2, 0) is 4.74 Å². The topological polar surface area (TPSA) is 41.6 Å². The summed E-state index contributed by atoms with van der Waals surface area (Å²) in [5.74, 6) is 1.38. The molecule has 4 atom stereocenters. The number of hydrogen-bond acceptors (Lipinski definition) is 2. The summed E-state index contributed by atoms with van der Waals surface area (Å²) in [4.78, 5) is 15.1.